The number of ether oxygens (including phenoxy) is 1. The van der Waals surface area contributed by atoms with Crippen LogP contribution in [0.4, 0.5) is 0 Å². The molecule has 0 aliphatic heterocycles. The monoisotopic (exact) mass is 467 g/mol. The van der Waals surface area contributed by atoms with Crippen molar-refractivity contribution in [2.24, 2.45) is 4.99 Å². The maximum atomic E-state index is 5.03. The molecule has 1 fully saturated rings. The second-order valence-electron chi connectivity index (χ2n) is 4.90. The molecule has 2 N–H and O–H groups in total. The summed E-state index contributed by atoms with van der Waals surface area (Å²) in [5.74, 6) is 1.48. The molecule has 21 heavy (non-hydrogen) atoms. The molecule has 4 nitrogen and oxygen atoms in total. The average molecular weight is 468 g/mol. The SMILES string of the molecule is CCNC(=NCCOC)NC1CC1c1ccc(Br)cc1.I. The zero-order chi connectivity index (χ0) is 14.4. The summed E-state index contributed by atoms with van der Waals surface area (Å²) in [4.78, 5) is 4.49. The maximum Gasteiger partial charge on any atom is 0.191 e. The number of aliphatic imine (C=N–C) groups is 1. The molecule has 0 bridgehead atoms. The van der Waals surface area contributed by atoms with E-state index in [2.05, 4.69) is 62.7 Å². The van der Waals surface area contributed by atoms with Crippen LogP contribution < -0.4 is 10.6 Å². The van der Waals surface area contributed by atoms with Gasteiger partial charge in [-0.1, -0.05) is 28.1 Å². The first kappa shape index (κ1) is 18.7. The van der Waals surface area contributed by atoms with Crippen molar-refractivity contribution in [2.45, 2.75) is 25.3 Å². The van der Waals surface area contributed by atoms with Gasteiger partial charge in [-0.25, -0.2) is 0 Å². The Morgan fingerprint density at radius 2 is 2.10 bits per heavy atom. The molecule has 0 amide bonds. The van der Waals surface area contributed by atoms with Crippen LogP contribution in [0, 0.1) is 0 Å². The van der Waals surface area contributed by atoms with Crippen molar-refractivity contribution in [3.8, 4) is 0 Å². The van der Waals surface area contributed by atoms with E-state index in [0.717, 1.165) is 23.4 Å². The zero-order valence-corrected chi connectivity index (χ0v) is 16.4. The van der Waals surface area contributed by atoms with Gasteiger partial charge in [0.25, 0.3) is 0 Å². The van der Waals surface area contributed by atoms with Crippen LogP contribution in [0.15, 0.2) is 33.7 Å². The van der Waals surface area contributed by atoms with Crippen LogP contribution in [-0.4, -0.2) is 38.8 Å². The lowest BCUT2D eigenvalue weighted by atomic mass is 10.1. The molecule has 0 radical (unpaired) electrons. The molecule has 1 aromatic carbocycles. The van der Waals surface area contributed by atoms with Crippen molar-refractivity contribution in [3.63, 3.8) is 0 Å². The fraction of sp³-hybridized carbons (Fsp3) is 0.533. The Bertz CT molecular complexity index is 453. The third-order valence-electron chi connectivity index (χ3n) is 3.32. The Morgan fingerprint density at radius 1 is 1.38 bits per heavy atom. The van der Waals surface area contributed by atoms with Gasteiger partial charge in [0.1, 0.15) is 0 Å². The predicted octanol–water partition coefficient (Wildman–Crippen LogP) is 3.12. The molecule has 1 aromatic rings. The fourth-order valence-electron chi connectivity index (χ4n) is 2.18. The van der Waals surface area contributed by atoms with Gasteiger partial charge in [-0.15, -0.1) is 24.0 Å². The molecule has 2 rings (SSSR count). The van der Waals surface area contributed by atoms with Crippen molar-refractivity contribution in [1.29, 1.82) is 0 Å². The number of nitrogens with zero attached hydrogens (tertiary/aromatic N) is 1. The van der Waals surface area contributed by atoms with Gasteiger partial charge in [0.05, 0.1) is 13.2 Å². The minimum absolute atomic E-state index is 0. The Kier molecular flexibility index (Phi) is 8.58. The van der Waals surface area contributed by atoms with E-state index >= 15 is 0 Å². The van der Waals surface area contributed by atoms with Gasteiger partial charge in [-0.2, -0.15) is 0 Å². The summed E-state index contributed by atoms with van der Waals surface area (Å²) in [6, 6.07) is 9.05. The molecule has 0 aromatic heterocycles. The Hall–Kier alpha value is -0.340. The molecule has 1 aliphatic carbocycles. The second kappa shape index (κ2) is 9.63. The highest BCUT2D eigenvalue weighted by Crippen LogP contribution is 2.40. The van der Waals surface area contributed by atoms with Crippen LogP contribution in [0.5, 0.6) is 0 Å². The number of hydrogen-bond acceptors (Lipinski definition) is 2. The van der Waals surface area contributed by atoms with Crippen LogP contribution >= 0.6 is 39.9 Å². The second-order valence-corrected chi connectivity index (χ2v) is 5.81. The highest BCUT2D eigenvalue weighted by atomic mass is 127. The van der Waals surface area contributed by atoms with Crippen molar-refractivity contribution in [2.75, 3.05) is 26.8 Å². The van der Waals surface area contributed by atoms with Gasteiger partial charge < -0.3 is 15.4 Å². The Morgan fingerprint density at radius 3 is 2.71 bits per heavy atom. The van der Waals surface area contributed by atoms with Crippen LogP contribution in [0.25, 0.3) is 0 Å². The summed E-state index contributed by atoms with van der Waals surface area (Å²) in [5, 5.41) is 6.76. The maximum absolute atomic E-state index is 5.03. The van der Waals surface area contributed by atoms with Crippen molar-refractivity contribution in [3.05, 3.63) is 34.3 Å². The summed E-state index contributed by atoms with van der Waals surface area (Å²) < 4.78 is 6.15. The van der Waals surface area contributed by atoms with Crippen molar-refractivity contribution >= 4 is 45.9 Å². The predicted molar refractivity (Wildman–Crippen MR) is 102 cm³/mol. The Balaban J connectivity index is 0.00000220. The van der Waals surface area contributed by atoms with E-state index < -0.39 is 0 Å². The normalized spacial score (nSPS) is 20.6. The molecule has 2 unspecified atom stereocenters. The van der Waals surface area contributed by atoms with E-state index in [1.807, 2.05) is 0 Å². The lowest BCUT2D eigenvalue weighted by Crippen LogP contribution is -2.39. The molecule has 0 saturated heterocycles. The average Bonchev–Trinajstić information content (AvgIpc) is 3.19. The lowest BCUT2D eigenvalue weighted by Gasteiger charge is -2.11. The number of benzene rings is 1. The van der Waals surface area contributed by atoms with Crippen LogP contribution in [0.2, 0.25) is 0 Å². The number of methoxy groups -OCH3 is 1. The third kappa shape index (κ3) is 6.12. The number of guanidine groups is 1. The molecule has 118 valence electrons. The van der Waals surface area contributed by atoms with Gasteiger partial charge in [0, 0.05) is 30.1 Å². The molecule has 2 atom stereocenters. The number of hydrogen-bond donors (Lipinski definition) is 2. The molecule has 1 saturated carbocycles. The number of rotatable bonds is 6. The molecule has 6 heteroatoms. The van der Waals surface area contributed by atoms with E-state index in [0.29, 0.717) is 25.1 Å². The van der Waals surface area contributed by atoms with Crippen molar-refractivity contribution in [1.82, 2.24) is 10.6 Å². The van der Waals surface area contributed by atoms with Crippen LogP contribution in [-0.2, 0) is 4.74 Å². The third-order valence-corrected chi connectivity index (χ3v) is 3.85. The highest BCUT2D eigenvalue weighted by Gasteiger charge is 2.38. The van der Waals surface area contributed by atoms with Gasteiger partial charge in [-0.3, -0.25) is 4.99 Å². The van der Waals surface area contributed by atoms with Gasteiger partial charge in [0.2, 0.25) is 0 Å². The molecule has 0 heterocycles. The smallest absolute Gasteiger partial charge is 0.191 e. The van der Waals surface area contributed by atoms with Crippen LogP contribution in [0.3, 0.4) is 0 Å². The minimum Gasteiger partial charge on any atom is -0.383 e. The molecular formula is C15H23BrIN3O. The summed E-state index contributed by atoms with van der Waals surface area (Å²) >= 11 is 3.47. The topological polar surface area (TPSA) is 45.7 Å². The molecule has 0 spiro atoms. The molecular weight excluding hydrogens is 445 g/mol. The van der Waals surface area contributed by atoms with Gasteiger partial charge in [0.15, 0.2) is 5.96 Å². The summed E-state index contributed by atoms with van der Waals surface area (Å²) in [7, 11) is 1.69. The highest BCUT2D eigenvalue weighted by molar-refractivity contribution is 14.0. The lowest BCUT2D eigenvalue weighted by molar-refractivity contribution is 0.208. The first-order chi connectivity index (χ1) is 9.74. The van der Waals surface area contributed by atoms with E-state index in [-0.39, 0.29) is 24.0 Å². The summed E-state index contributed by atoms with van der Waals surface area (Å²) in [6.07, 6.45) is 1.16. The summed E-state index contributed by atoms with van der Waals surface area (Å²) in [6.45, 7) is 4.28. The fourth-order valence-corrected chi connectivity index (χ4v) is 2.44. The van der Waals surface area contributed by atoms with Gasteiger partial charge >= 0.3 is 0 Å². The van der Waals surface area contributed by atoms with Crippen LogP contribution in [0.1, 0.15) is 24.8 Å². The zero-order valence-electron chi connectivity index (χ0n) is 12.4. The van der Waals surface area contributed by atoms with E-state index in [4.69, 9.17) is 4.74 Å². The van der Waals surface area contributed by atoms with E-state index in [1.165, 1.54) is 5.56 Å². The number of halogens is 2. The first-order valence-corrected chi connectivity index (χ1v) is 7.83. The van der Waals surface area contributed by atoms with Gasteiger partial charge in [-0.05, 0) is 31.0 Å². The quantitative estimate of drug-likeness (QED) is 0.292. The molecule has 1 aliphatic rings. The van der Waals surface area contributed by atoms with Crippen molar-refractivity contribution < 1.29 is 4.74 Å². The summed E-state index contributed by atoms with van der Waals surface area (Å²) in [5.41, 5.74) is 1.39. The van der Waals surface area contributed by atoms with E-state index in [1.54, 1.807) is 7.11 Å². The largest absolute Gasteiger partial charge is 0.383 e. The number of nitrogens with one attached hydrogen (secondary N) is 2. The standard InChI is InChI=1S/C15H22BrN3O.HI/c1-3-17-15(18-8-9-20-2)19-14-10-13(14)11-4-6-12(16)7-5-11;/h4-7,13-14H,3,8-10H2,1-2H3,(H2,17,18,19);1H. The Labute approximate surface area is 152 Å². The minimum atomic E-state index is 0. The first-order valence-electron chi connectivity index (χ1n) is 7.03. The van der Waals surface area contributed by atoms with E-state index in [9.17, 15) is 0 Å².